The molecule has 7 nitrogen and oxygen atoms in total. The van der Waals surface area contributed by atoms with Crippen LogP contribution in [0.2, 0.25) is 0 Å². The first-order valence-electron chi connectivity index (χ1n) is 9.00. The maximum Gasteiger partial charge on any atom is 0.255 e. The number of H-pyrrole nitrogens is 1. The molecule has 1 aromatic heterocycles. The second-order valence-electron chi connectivity index (χ2n) is 6.81. The maximum atomic E-state index is 12.5. The van der Waals surface area contributed by atoms with Crippen molar-refractivity contribution >= 4 is 17.5 Å². The van der Waals surface area contributed by atoms with E-state index in [1.807, 2.05) is 36.9 Å². The number of hydrogen-bond acceptors (Lipinski definition) is 4. The summed E-state index contributed by atoms with van der Waals surface area (Å²) in [6.45, 7) is 6.68. The van der Waals surface area contributed by atoms with Gasteiger partial charge in [0.25, 0.3) is 5.91 Å². The van der Waals surface area contributed by atoms with E-state index >= 15 is 0 Å². The molecule has 0 radical (unpaired) electrons. The van der Waals surface area contributed by atoms with Gasteiger partial charge in [0.2, 0.25) is 11.5 Å². The van der Waals surface area contributed by atoms with Crippen LogP contribution in [0.25, 0.3) is 0 Å². The van der Waals surface area contributed by atoms with Gasteiger partial charge >= 0.3 is 0 Å². The summed E-state index contributed by atoms with van der Waals surface area (Å²) in [6, 6.07) is 8.73. The van der Waals surface area contributed by atoms with Gasteiger partial charge in [-0.05, 0) is 37.1 Å². The Morgan fingerprint density at radius 3 is 2.48 bits per heavy atom. The van der Waals surface area contributed by atoms with Crippen LogP contribution in [0.3, 0.4) is 0 Å². The molecule has 1 aliphatic rings. The van der Waals surface area contributed by atoms with Crippen LogP contribution in [0.15, 0.2) is 41.3 Å². The monoisotopic (exact) mass is 368 g/mol. The molecule has 27 heavy (non-hydrogen) atoms. The quantitative estimate of drug-likeness (QED) is 0.854. The Bertz CT molecular complexity index is 878. The molecule has 0 atom stereocenters. The minimum atomic E-state index is -0.230. The fraction of sp³-hybridized carbons (Fsp3) is 0.350. The van der Waals surface area contributed by atoms with Crippen LogP contribution in [0, 0.1) is 13.8 Å². The lowest BCUT2D eigenvalue weighted by Crippen LogP contribution is -2.50. The van der Waals surface area contributed by atoms with Crippen LogP contribution < -0.4 is 10.9 Å². The summed E-state index contributed by atoms with van der Waals surface area (Å²) in [5.41, 5.74) is 3.29. The van der Waals surface area contributed by atoms with Gasteiger partial charge in [0, 0.05) is 44.1 Å². The summed E-state index contributed by atoms with van der Waals surface area (Å²) in [6.07, 6.45) is 1.44. The average molecular weight is 368 g/mol. The van der Waals surface area contributed by atoms with Crippen molar-refractivity contribution in [3.63, 3.8) is 0 Å². The third kappa shape index (κ3) is 4.62. The van der Waals surface area contributed by atoms with E-state index in [1.165, 1.54) is 18.3 Å². The second kappa shape index (κ2) is 8.18. The third-order valence-corrected chi connectivity index (χ3v) is 4.94. The van der Waals surface area contributed by atoms with E-state index in [-0.39, 0.29) is 17.4 Å². The molecule has 2 N–H and O–H groups in total. The highest BCUT2D eigenvalue weighted by Gasteiger charge is 2.23. The van der Waals surface area contributed by atoms with Crippen LogP contribution in [0.5, 0.6) is 0 Å². The highest BCUT2D eigenvalue weighted by Crippen LogP contribution is 2.18. The summed E-state index contributed by atoms with van der Waals surface area (Å²) in [7, 11) is 0. The van der Waals surface area contributed by atoms with Gasteiger partial charge in [-0.2, -0.15) is 0 Å². The number of anilines is 1. The third-order valence-electron chi connectivity index (χ3n) is 4.94. The summed E-state index contributed by atoms with van der Waals surface area (Å²) < 4.78 is 0. The molecule has 3 rings (SSSR count). The van der Waals surface area contributed by atoms with Gasteiger partial charge in [0.15, 0.2) is 0 Å². The standard InChI is InChI=1S/C20H24N4O3/c1-14-4-3-5-17(15(14)2)22-19(26)13-23-8-10-24(11-9-23)20(27)16-6-7-18(25)21-12-16/h3-7,12H,8-11,13H2,1-2H3,(H,21,25)(H,22,26). The smallest absolute Gasteiger partial charge is 0.255 e. The SMILES string of the molecule is Cc1cccc(NC(=O)CN2CCN(C(=O)c3ccc(=O)[nH]c3)CC2)c1C. The lowest BCUT2D eigenvalue weighted by atomic mass is 10.1. The van der Waals surface area contributed by atoms with Gasteiger partial charge in [-0.3, -0.25) is 19.3 Å². The number of nitrogens with one attached hydrogen (secondary N) is 2. The number of hydrogen-bond donors (Lipinski definition) is 2. The predicted octanol–water partition coefficient (Wildman–Crippen LogP) is 1.39. The van der Waals surface area contributed by atoms with E-state index in [2.05, 4.69) is 10.3 Å². The minimum absolute atomic E-state index is 0.0517. The Morgan fingerprint density at radius 1 is 1.07 bits per heavy atom. The molecule has 1 fully saturated rings. The van der Waals surface area contributed by atoms with Gasteiger partial charge < -0.3 is 15.2 Å². The fourth-order valence-corrected chi connectivity index (χ4v) is 3.11. The summed E-state index contributed by atoms with van der Waals surface area (Å²) in [5.74, 6) is -0.158. The number of nitrogens with zero attached hydrogens (tertiary/aromatic N) is 2. The van der Waals surface area contributed by atoms with Crippen LogP contribution >= 0.6 is 0 Å². The number of benzene rings is 1. The fourth-order valence-electron chi connectivity index (χ4n) is 3.11. The average Bonchev–Trinajstić information content (AvgIpc) is 2.66. The van der Waals surface area contributed by atoms with Gasteiger partial charge in [-0.25, -0.2) is 0 Å². The summed E-state index contributed by atoms with van der Waals surface area (Å²) in [4.78, 5) is 42.2. The molecule has 142 valence electrons. The maximum absolute atomic E-state index is 12.5. The Balaban J connectivity index is 1.51. The zero-order valence-electron chi connectivity index (χ0n) is 15.6. The number of aromatic amines is 1. The van der Waals surface area contributed by atoms with Gasteiger partial charge in [-0.1, -0.05) is 12.1 Å². The molecule has 2 heterocycles. The molecular weight excluding hydrogens is 344 g/mol. The largest absolute Gasteiger partial charge is 0.336 e. The van der Waals surface area contributed by atoms with Crippen molar-refractivity contribution in [3.05, 3.63) is 63.6 Å². The zero-order valence-corrected chi connectivity index (χ0v) is 15.6. The highest BCUT2D eigenvalue weighted by atomic mass is 16.2. The number of carbonyl (C=O) groups is 2. The van der Waals surface area contributed by atoms with Crippen LogP contribution in [0.4, 0.5) is 5.69 Å². The Morgan fingerprint density at radius 2 is 1.81 bits per heavy atom. The molecule has 0 unspecified atom stereocenters. The normalized spacial score (nSPS) is 14.8. The molecule has 1 saturated heterocycles. The lowest BCUT2D eigenvalue weighted by Gasteiger charge is -2.34. The van der Waals surface area contributed by atoms with Crippen molar-refractivity contribution in [3.8, 4) is 0 Å². The molecule has 0 saturated carbocycles. The number of piperazine rings is 1. The van der Waals surface area contributed by atoms with Crippen LogP contribution in [0.1, 0.15) is 21.5 Å². The van der Waals surface area contributed by atoms with E-state index in [0.717, 1.165) is 16.8 Å². The summed E-state index contributed by atoms with van der Waals surface area (Å²) in [5, 5.41) is 2.97. The van der Waals surface area contributed by atoms with Crippen molar-refractivity contribution in [1.82, 2.24) is 14.8 Å². The second-order valence-corrected chi connectivity index (χ2v) is 6.81. The molecule has 1 aromatic carbocycles. The summed E-state index contributed by atoms with van der Waals surface area (Å²) >= 11 is 0. The highest BCUT2D eigenvalue weighted by molar-refractivity contribution is 5.94. The van der Waals surface area contributed by atoms with Gasteiger partial charge in [0.05, 0.1) is 12.1 Å². The predicted molar refractivity (Wildman–Crippen MR) is 104 cm³/mol. The minimum Gasteiger partial charge on any atom is -0.336 e. The number of aryl methyl sites for hydroxylation is 1. The van der Waals surface area contributed by atoms with Crippen molar-refractivity contribution in [2.45, 2.75) is 13.8 Å². The van der Waals surface area contributed by atoms with E-state index < -0.39 is 0 Å². The number of pyridine rings is 1. The Kier molecular flexibility index (Phi) is 5.71. The molecule has 2 amide bonds. The van der Waals surface area contributed by atoms with Gasteiger partial charge in [0.1, 0.15) is 0 Å². The molecule has 0 aliphatic carbocycles. The molecule has 0 bridgehead atoms. The van der Waals surface area contributed by atoms with Gasteiger partial charge in [-0.15, -0.1) is 0 Å². The number of aromatic nitrogens is 1. The van der Waals surface area contributed by atoms with Crippen LogP contribution in [-0.4, -0.2) is 59.3 Å². The van der Waals surface area contributed by atoms with E-state index in [9.17, 15) is 14.4 Å². The Labute approximate surface area is 158 Å². The molecular formula is C20H24N4O3. The van der Waals surface area contributed by atoms with Crippen molar-refractivity contribution in [1.29, 1.82) is 0 Å². The van der Waals surface area contributed by atoms with Crippen molar-refractivity contribution in [2.24, 2.45) is 0 Å². The topological polar surface area (TPSA) is 85.5 Å². The number of rotatable bonds is 4. The van der Waals surface area contributed by atoms with E-state index in [1.54, 1.807) is 4.90 Å². The zero-order chi connectivity index (χ0) is 19.4. The first-order valence-corrected chi connectivity index (χ1v) is 9.00. The van der Waals surface area contributed by atoms with E-state index in [4.69, 9.17) is 0 Å². The number of amides is 2. The van der Waals surface area contributed by atoms with Crippen molar-refractivity contribution in [2.75, 3.05) is 38.0 Å². The molecule has 2 aromatic rings. The number of carbonyl (C=O) groups excluding carboxylic acids is 2. The molecule has 7 heteroatoms. The first kappa shape index (κ1) is 18.8. The first-order chi connectivity index (χ1) is 12.9. The van der Waals surface area contributed by atoms with E-state index in [0.29, 0.717) is 38.3 Å². The molecule has 0 spiro atoms. The van der Waals surface area contributed by atoms with Crippen LogP contribution in [-0.2, 0) is 4.79 Å². The lowest BCUT2D eigenvalue weighted by molar-refractivity contribution is -0.117. The van der Waals surface area contributed by atoms with Crippen molar-refractivity contribution < 1.29 is 9.59 Å². The Hall–Kier alpha value is -2.93. The molecule has 1 aliphatic heterocycles.